The predicted octanol–water partition coefficient (Wildman–Crippen LogP) is 1.19. The van der Waals surface area contributed by atoms with Crippen molar-refractivity contribution in [3.8, 4) is 23.3 Å². The fraction of sp³-hybridized carbons (Fsp3) is 0.364. The Morgan fingerprint density at radius 3 is 2.80 bits per heavy atom. The minimum absolute atomic E-state index is 0.0844. The molecule has 0 radical (unpaired) electrons. The second-order valence-corrected chi connectivity index (χ2v) is 7.86. The summed E-state index contributed by atoms with van der Waals surface area (Å²) in [6.45, 7) is 5.73. The molecule has 1 saturated carbocycles. The van der Waals surface area contributed by atoms with Gasteiger partial charge in [-0.1, -0.05) is 12.7 Å². The largest absolute Gasteiger partial charge is 0.478 e. The van der Waals surface area contributed by atoms with E-state index in [2.05, 4.69) is 52.9 Å². The van der Waals surface area contributed by atoms with Crippen molar-refractivity contribution in [2.24, 2.45) is 10.7 Å². The second kappa shape index (κ2) is 10.6. The van der Waals surface area contributed by atoms with Crippen LogP contribution in [0.4, 0.5) is 10.6 Å². The Balaban J connectivity index is 1.97. The lowest BCUT2D eigenvalue weighted by Crippen LogP contribution is -2.37. The standard InChI is InChI=1S/C22H28N10O3/c1-5-6-13(30-20(25)27-9-12(2)28-21(33)35-4)15-16(14-10-26-17(24)18(29-14)34-3)32-19(31-15)22(11-23)7-8-22/h5-6,10,12H,1,7-9H2,2-4H3,(H2,24,26)(H,28,33)(H,31,32)(H3,25,27,30)/b13-6-/t12-/m0/s1. The maximum atomic E-state index is 11.4. The number of ether oxygens (including phenoxy) is 2. The van der Waals surface area contributed by atoms with E-state index in [0.29, 0.717) is 41.4 Å². The summed E-state index contributed by atoms with van der Waals surface area (Å²) in [5.41, 5.74) is 13.0. The highest BCUT2D eigenvalue weighted by atomic mass is 16.5. The molecular formula is C22H28N10O3. The highest BCUT2D eigenvalue weighted by Crippen LogP contribution is 2.47. The summed E-state index contributed by atoms with van der Waals surface area (Å²) in [6.07, 6.45) is 5.52. The number of methoxy groups -OCH3 is 2. The summed E-state index contributed by atoms with van der Waals surface area (Å²) in [5, 5.41) is 15.3. The molecule has 0 unspecified atom stereocenters. The average molecular weight is 481 g/mol. The number of rotatable bonds is 9. The SMILES string of the molecule is C=C/C=C(\NC(N)=NC[C@H](C)NC(=O)OC)c1[nH]c(C2(C#N)CC2)nc1-c1cnc(N)c(OC)n1. The Hall–Kier alpha value is -4.60. The van der Waals surface area contributed by atoms with Gasteiger partial charge in [-0.15, -0.1) is 0 Å². The predicted molar refractivity (Wildman–Crippen MR) is 130 cm³/mol. The summed E-state index contributed by atoms with van der Waals surface area (Å²) in [4.78, 5) is 32.1. The van der Waals surface area contributed by atoms with Gasteiger partial charge in [0.15, 0.2) is 11.8 Å². The van der Waals surface area contributed by atoms with Crippen LogP contribution in [0.1, 0.15) is 31.3 Å². The molecule has 0 aliphatic heterocycles. The van der Waals surface area contributed by atoms with Gasteiger partial charge < -0.3 is 36.6 Å². The molecule has 1 fully saturated rings. The van der Waals surface area contributed by atoms with Gasteiger partial charge >= 0.3 is 6.09 Å². The van der Waals surface area contributed by atoms with Crippen molar-refractivity contribution >= 4 is 23.6 Å². The number of aromatic nitrogens is 4. The van der Waals surface area contributed by atoms with Crippen molar-refractivity contribution < 1.29 is 14.3 Å². The Morgan fingerprint density at radius 2 is 2.20 bits per heavy atom. The first-order valence-corrected chi connectivity index (χ1v) is 10.7. The third-order valence-electron chi connectivity index (χ3n) is 5.23. The van der Waals surface area contributed by atoms with E-state index in [1.807, 2.05) is 0 Å². The molecule has 0 bridgehead atoms. The van der Waals surface area contributed by atoms with E-state index >= 15 is 0 Å². The number of imidazole rings is 1. The molecule has 2 aromatic rings. The minimum atomic E-state index is -0.688. The number of nitrogen functional groups attached to an aromatic ring is 1. The van der Waals surface area contributed by atoms with E-state index in [1.54, 1.807) is 19.1 Å². The minimum Gasteiger partial charge on any atom is -0.478 e. The third kappa shape index (κ3) is 5.67. The summed E-state index contributed by atoms with van der Waals surface area (Å²) < 4.78 is 9.78. The number of alkyl carbamates (subject to hydrolysis) is 1. The molecule has 2 aromatic heterocycles. The highest BCUT2D eigenvalue weighted by molar-refractivity contribution is 5.90. The number of allylic oxidation sites excluding steroid dienone is 2. The molecule has 1 aliphatic rings. The second-order valence-electron chi connectivity index (χ2n) is 7.86. The van der Waals surface area contributed by atoms with Crippen molar-refractivity contribution in [1.82, 2.24) is 30.6 Å². The van der Waals surface area contributed by atoms with Gasteiger partial charge in [0.2, 0.25) is 0 Å². The third-order valence-corrected chi connectivity index (χ3v) is 5.23. The number of nitrogens with one attached hydrogen (secondary N) is 3. The van der Waals surface area contributed by atoms with Crippen LogP contribution in [0, 0.1) is 11.3 Å². The van der Waals surface area contributed by atoms with Crippen LogP contribution in [0.5, 0.6) is 5.88 Å². The van der Waals surface area contributed by atoms with Gasteiger partial charge in [-0.25, -0.2) is 19.7 Å². The number of amides is 1. The van der Waals surface area contributed by atoms with E-state index in [0.717, 1.165) is 0 Å². The first kappa shape index (κ1) is 25.0. The van der Waals surface area contributed by atoms with Crippen LogP contribution in [-0.4, -0.2) is 58.8 Å². The molecule has 0 spiro atoms. The number of anilines is 1. The molecule has 7 N–H and O–H groups in total. The monoisotopic (exact) mass is 480 g/mol. The van der Waals surface area contributed by atoms with Crippen LogP contribution in [0.3, 0.4) is 0 Å². The van der Waals surface area contributed by atoms with E-state index in [-0.39, 0.29) is 30.2 Å². The van der Waals surface area contributed by atoms with Gasteiger partial charge in [0.25, 0.3) is 5.88 Å². The van der Waals surface area contributed by atoms with Crippen LogP contribution in [0.25, 0.3) is 17.1 Å². The number of hydrogen-bond acceptors (Lipinski definition) is 9. The van der Waals surface area contributed by atoms with Crippen LogP contribution in [0.15, 0.2) is 29.9 Å². The lowest BCUT2D eigenvalue weighted by atomic mass is 10.1. The van der Waals surface area contributed by atoms with Gasteiger partial charge in [0.05, 0.1) is 44.4 Å². The molecule has 1 atom stereocenters. The zero-order valence-corrected chi connectivity index (χ0v) is 19.8. The average Bonchev–Trinajstić information content (AvgIpc) is 3.53. The normalized spacial score (nSPS) is 15.5. The lowest BCUT2D eigenvalue weighted by molar-refractivity contribution is 0.168. The Kier molecular flexibility index (Phi) is 7.55. The molecule has 0 aromatic carbocycles. The van der Waals surface area contributed by atoms with Gasteiger partial charge in [-0.05, 0) is 25.8 Å². The number of nitriles is 1. The molecule has 1 amide bonds. The quantitative estimate of drug-likeness (QED) is 0.197. The number of aliphatic imine (C=N–C) groups is 1. The van der Waals surface area contributed by atoms with E-state index < -0.39 is 11.5 Å². The van der Waals surface area contributed by atoms with Crippen LogP contribution in [0.2, 0.25) is 0 Å². The number of H-pyrrole nitrogens is 1. The topological polar surface area (TPSA) is 202 Å². The van der Waals surface area contributed by atoms with Crippen molar-refractivity contribution in [2.75, 3.05) is 26.5 Å². The zero-order chi connectivity index (χ0) is 25.6. The molecule has 0 saturated heterocycles. The molecule has 1 aliphatic carbocycles. The van der Waals surface area contributed by atoms with E-state index in [1.165, 1.54) is 20.4 Å². The molecule has 3 rings (SSSR count). The Labute approximate surface area is 202 Å². The molecule has 13 nitrogen and oxygen atoms in total. The van der Waals surface area contributed by atoms with Crippen LogP contribution >= 0.6 is 0 Å². The summed E-state index contributed by atoms with van der Waals surface area (Å²) in [7, 11) is 2.72. The van der Waals surface area contributed by atoms with Gasteiger partial charge in [-0.2, -0.15) is 5.26 Å². The molecule has 2 heterocycles. The molecule has 13 heteroatoms. The number of hydrogen-bond donors (Lipinski definition) is 5. The van der Waals surface area contributed by atoms with Gasteiger partial charge in [0, 0.05) is 6.04 Å². The fourth-order valence-electron chi connectivity index (χ4n) is 3.18. The highest BCUT2D eigenvalue weighted by Gasteiger charge is 2.48. The van der Waals surface area contributed by atoms with Crippen LogP contribution < -0.4 is 26.8 Å². The fourth-order valence-corrected chi connectivity index (χ4v) is 3.18. The van der Waals surface area contributed by atoms with Crippen molar-refractivity contribution in [2.45, 2.75) is 31.2 Å². The molecule has 184 valence electrons. The number of carbonyl (C=O) groups is 1. The number of nitrogens with zero attached hydrogens (tertiary/aromatic N) is 5. The number of guanidine groups is 1. The zero-order valence-electron chi connectivity index (χ0n) is 19.8. The van der Waals surface area contributed by atoms with Crippen molar-refractivity contribution in [3.63, 3.8) is 0 Å². The van der Waals surface area contributed by atoms with Crippen LogP contribution in [-0.2, 0) is 10.2 Å². The molecular weight excluding hydrogens is 452 g/mol. The number of nitrogens with two attached hydrogens (primary N) is 2. The smallest absolute Gasteiger partial charge is 0.407 e. The Bertz CT molecular complexity index is 1210. The summed E-state index contributed by atoms with van der Waals surface area (Å²) in [5.74, 6) is 0.872. The first-order chi connectivity index (χ1) is 16.8. The van der Waals surface area contributed by atoms with E-state index in [9.17, 15) is 10.1 Å². The maximum absolute atomic E-state index is 11.4. The maximum Gasteiger partial charge on any atom is 0.407 e. The number of aromatic amines is 1. The summed E-state index contributed by atoms with van der Waals surface area (Å²) >= 11 is 0. The van der Waals surface area contributed by atoms with Crippen molar-refractivity contribution in [1.29, 1.82) is 5.26 Å². The Morgan fingerprint density at radius 1 is 1.46 bits per heavy atom. The number of carbonyl (C=O) groups excluding carboxylic acids is 1. The van der Waals surface area contributed by atoms with Crippen molar-refractivity contribution in [3.05, 3.63) is 36.4 Å². The molecule has 35 heavy (non-hydrogen) atoms. The lowest BCUT2D eigenvalue weighted by Gasteiger charge is -2.13. The first-order valence-electron chi connectivity index (χ1n) is 10.7. The summed E-state index contributed by atoms with van der Waals surface area (Å²) in [6, 6.07) is 2.02. The van der Waals surface area contributed by atoms with Gasteiger partial charge in [0.1, 0.15) is 22.6 Å². The van der Waals surface area contributed by atoms with E-state index in [4.69, 9.17) is 16.2 Å². The van der Waals surface area contributed by atoms with Gasteiger partial charge in [-0.3, -0.25) is 4.99 Å².